The van der Waals surface area contributed by atoms with Gasteiger partial charge in [-0.3, -0.25) is 0 Å². The number of hydrogen-bond acceptors (Lipinski definition) is 3. The molecule has 0 radical (unpaired) electrons. The van der Waals surface area contributed by atoms with Gasteiger partial charge in [0.05, 0.1) is 5.01 Å². The van der Waals surface area contributed by atoms with Crippen molar-refractivity contribution in [3.8, 4) is 0 Å². The SMILES string of the molecule is Cc1ncc(CC(C)(C)CNC(C)(C)C)s1. The summed E-state index contributed by atoms with van der Waals surface area (Å²) in [6, 6.07) is 0. The zero-order valence-corrected chi connectivity index (χ0v) is 12.2. The van der Waals surface area contributed by atoms with Crippen molar-refractivity contribution in [3.63, 3.8) is 0 Å². The molecule has 0 aliphatic heterocycles. The van der Waals surface area contributed by atoms with Crippen LogP contribution in [0.5, 0.6) is 0 Å². The third-order valence-corrected chi connectivity index (χ3v) is 3.33. The number of thiazole rings is 1. The van der Waals surface area contributed by atoms with Gasteiger partial charge in [-0.2, -0.15) is 0 Å². The molecule has 0 bridgehead atoms. The average Bonchev–Trinajstić information content (AvgIpc) is 2.46. The normalized spacial score (nSPS) is 13.1. The molecule has 0 unspecified atom stereocenters. The van der Waals surface area contributed by atoms with Gasteiger partial charge in [0.1, 0.15) is 0 Å². The summed E-state index contributed by atoms with van der Waals surface area (Å²) in [5.74, 6) is 0. The molecule has 0 aliphatic rings. The van der Waals surface area contributed by atoms with Crippen molar-refractivity contribution in [3.05, 3.63) is 16.1 Å². The van der Waals surface area contributed by atoms with Gasteiger partial charge in [-0.15, -0.1) is 11.3 Å². The second-order valence-electron chi connectivity index (χ2n) is 6.29. The molecule has 0 saturated carbocycles. The Morgan fingerprint density at radius 1 is 1.25 bits per heavy atom. The highest BCUT2D eigenvalue weighted by Gasteiger charge is 2.22. The molecule has 1 heterocycles. The van der Waals surface area contributed by atoms with Crippen molar-refractivity contribution in [1.82, 2.24) is 10.3 Å². The largest absolute Gasteiger partial charge is 0.312 e. The predicted molar refractivity (Wildman–Crippen MR) is 72.1 cm³/mol. The van der Waals surface area contributed by atoms with Gasteiger partial charge >= 0.3 is 0 Å². The average molecular weight is 240 g/mol. The van der Waals surface area contributed by atoms with E-state index in [-0.39, 0.29) is 11.0 Å². The van der Waals surface area contributed by atoms with Crippen molar-refractivity contribution in [2.45, 2.75) is 53.5 Å². The van der Waals surface area contributed by atoms with Crippen LogP contribution in [0.3, 0.4) is 0 Å². The van der Waals surface area contributed by atoms with Crippen LogP contribution < -0.4 is 5.32 Å². The van der Waals surface area contributed by atoms with Crippen molar-refractivity contribution < 1.29 is 0 Å². The van der Waals surface area contributed by atoms with E-state index >= 15 is 0 Å². The first-order valence-corrected chi connectivity index (χ1v) is 6.66. The molecule has 1 N–H and O–H groups in total. The topological polar surface area (TPSA) is 24.9 Å². The van der Waals surface area contributed by atoms with Gasteiger partial charge in [-0.1, -0.05) is 13.8 Å². The Balaban J connectivity index is 2.51. The van der Waals surface area contributed by atoms with E-state index in [1.807, 2.05) is 17.5 Å². The summed E-state index contributed by atoms with van der Waals surface area (Å²) in [4.78, 5) is 5.70. The van der Waals surface area contributed by atoms with E-state index in [1.165, 1.54) is 4.88 Å². The Morgan fingerprint density at radius 2 is 1.88 bits per heavy atom. The predicted octanol–water partition coefficient (Wildman–Crippen LogP) is 3.41. The molecule has 1 aromatic rings. The molecular formula is C13H24N2S. The van der Waals surface area contributed by atoms with E-state index in [4.69, 9.17) is 0 Å². The van der Waals surface area contributed by atoms with Crippen LogP contribution in [0.4, 0.5) is 0 Å². The quantitative estimate of drug-likeness (QED) is 0.872. The van der Waals surface area contributed by atoms with Crippen molar-refractivity contribution >= 4 is 11.3 Å². The van der Waals surface area contributed by atoms with Crippen LogP contribution in [-0.2, 0) is 6.42 Å². The first kappa shape index (κ1) is 13.7. The molecule has 0 spiro atoms. The Kier molecular flexibility index (Phi) is 4.13. The summed E-state index contributed by atoms with van der Waals surface area (Å²) >= 11 is 1.81. The fourth-order valence-electron chi connectivity index (χ4n) is 1.53. The van der Waals surface area contributed by atoms with Gasteiger partial charge in [0.15, 0.2) is 0 Å². The van der Waals surface area contributed by atoms with Gasteiger partial charge in [-0.25, -0.2) is 4.98 Å². The molecule has 2 nitrogen and oxygen atoms in total. The maximum absolute atomic E-state index is 4.31. The number of rotatable bonds is 4. The van der Waals surface area contributed by atoms with Crippen LogP contribution >= 0.6 is 11.3 Å². The smallest absolute Gasteiger partial charge is 0.0896 e. The lowest BCUT2D eigenvalue weighted by Crippen LogP contribution is -2.42. The van der Waals surface area contributed by atoms with Gasteiger partial charge in [0.25, 0.3) is 0 Å². The number of nitrogens with one attached hydrogen (secondary N) is 1. The van der Waals surface area contributed by atoms with Gasteiger partial charge in [0, 0.05) is 23.2 Å². The third-order valence-electron chi connectivity index (χ3n) is 2.42. The maximum Gasteiger partial charge on any atom is 0.0896 e. The van der Waals surface area contributed by atoms with Crippen LogP contribution in [0.25, 0.3) is 0 Å². The molecule has 0 atom stereocenters. The standard InChI is InChI=1S/C13H24N2S/c1-10-14-8-11(16-10)7-13(5,6)9-15-12(2,3)4/h8,15H,7,9H2,1-6H3. The second-order valence-corrected chi connectivity index (χ2v) is 7.61. The molecule has 1 aromatic heterocycles. The van der Waals surface area contributed by atoms with Gasteiger partial charge in [0.2, 0.25) is 0 Å². The molecular weight excluding hydrogens is 216 g/mol. The fourth-order valence-corrected chi connectivity index (χ4v) is 2.58. The summed E-state index contributed by atoms with van der Waals surface area (Å²) in [6.07, 6.45) is 3.11. The van der Waals surface area contributed by atoms with Crippen molar-refractivity contribution in [2.75, 3.05) is 6.54 Å². The van der Waals surface area contributed by atoms with E-state index < -0.39 is 0 Å². The summed E-state index contributed by atoms with van der Waals surface area (Å²) < 4.78 is 0. The maximum atomic E-state index is 4.31. The summed E-state index contributed by atoms with van der Waals surface area (Å²) in [5, 5.41) is 4.74. The molecule has 0 saturated heterocycles. The lowest BCUT2D eigenvalue weighted by atomic mass is 9.88. The number of nitrogens with zero attached hydrogens (tertiary/aromatic N) is 1. The van der Waals surface area contributed by atoms with Gasteiger partial charge in [-0.05, 0) is 39.5 Å². The minimum absolute atomic E-state index is 0.195. The van der Waals surface area contributed by atoms with E-state index in [0.29, 0.717) is 0 Å². The summed E-state index contributed by atoms with van der Waals surface area (Å²) in [5.41, 5.74) is 0.479. The van der Waals surface area contributed by atoms with Crippen LogP contribution in [0.1, 0.15) is 44.5 Å². The van der Waals surface area contributed by atoms with Crippen molar-refractivity contribution in [1.29, 1.82) is 0 Å². The zero-order chi connectivity index (χ0) is 12.4. The lowest BCUT2D eigenvalue weighted by Gasteiger charge is -2.30. The first-order valence-electron chi connectivity index (χ1n) is 5.84. The van der Waals surface area contributed by atoms with Crippen LogP contribution in [0.2, 0.25) is 0 Å². The molecule has 92 valence electrons. The van der Waals surface area contributed by atoms with Crippen LogP contribution in [0.15, 0.2) is 6.20 Å². The van der Waals surface area contributed by atoms with E-state index in [1.54, 1.807) is 0 Å². The second kappa shape index (κ2) is 4.84. The van der Waals surface area contributed by atoms with Crippen molar-refractivity contribution in [2.24, 2.45) is 5.41 Å². The molecule has 1 rings (SSSR count). The molecule has 0 aromatic carbocycles. The number of hydrogen-bond donors (Lipinski definition) is 1. The zero-order valence-electron chi connectivity index (χ0n) is 11.3. The minimum Gasteiger partial charge on any atom is -0.312 e. The van der Waals surface area contributed by atoms with Crippen LogP contribution in [0, 0.1) is 12.3 Å². The molecule has 0 amide bonds. The highest BCUT2D eigenvalue weighted by Crippen LogP contribution is 2.25. The Morgan fingerprint density at radius 3 is 2.31 bits per heavy atom. The van der Waals surface area contributed by atoms with E-state index in [9.17, 15) is 0 Å². The van der Waals surface area contributed by atoms with Crippen LogP contribution in [-0.4, -0.2) is 17.1 Å². The monoisotopic (exact) mass is 240 g/mol. The Bertz CT molecular complexity index is 334. The number of aryl methyl sites for hydroxylation is 1. The third kappa shape index (κ3) is 5.08. The van der Waals surface area contributed by atoms with E-state index in [2.05, 4.69) is 51.8 Å². The summed E-state index contributed by atoms with van der Waals surface area (Å²) in [6.45, 7) is 14.3. The minimum atomic E-state index is 0.195. The molecule has 0 aliphatic carbocycles. The Hall–Kier alpha value is -0.410. The molecule has 16 heavy (non-hydrogen) atoms. The van der Waals surface area contributed by atoms with Gasteiger partial charge < -0.3 is 5.32 Å². The van der Waals surface area contributed by atoms with E-state index in [0.717, 1.165) is 18.0 Å². The number of aromatic nitrogens is 1. The lowest BCUT2D eigenvalue weighted by molar-refractivity contribution is 0.290. The highest BCUT2D eigenvalue weighted by atomic mass is 32.1. The Labute approximate surface area is 103 Å². The summed E-state index contributed by atoms with van der Waals surface area (Å²) in [7, 11) is 0. The molecule has 0 fully saturated rings. The molecule has 3 heteroatoms. The fraction of sp³-hybridized carbons (Fsp3) is 0.769. The highest BCUT2D eigenvalue weighted by molar-refractivity contribution is 7.11. The first-order chi connectivity index (χ1) is 7.18.